The van der Waals surface area contributed by atoms with Gasteiger partial charge in [-0.05, 0) is 37.8 Å². The van der Waals surface area contributed by atoms with E-state index in [4.69, 9.17) is 0 Å². The number of hydrogen-bond donors (Lipinski definition) is 0. The highest BCUT2D eigenvalue weighted by atomic mass is 16.2. The average molecular weight is 341 g/mol. The summed E-state index contributed by atoms with van der Waals surface area (Å²) in [5.74, 6) is 0.315. The molecule has 2 aliphatic rings. The maximum atomic E-state index is 12.6. The maximum absolute atomic E-state index is 12.6. The number of piperidine rings is 1. The molecule has 0 radical (unpaired) electrons. The molecule has 0 unspecified atom stereocenters. The van der Waals surface area contributed by atoms with Crippen LogP contribution in [0.5, 0.6) is 0 Å². The Labute approximate surface area is 148 Å². The number of hydrogen-bond acceptors (Lipinski definition) is 4. The Morgan fingerprint density at radius 1 is 1.04 bits per heavy atom. The predicted molar refractivity (Wildman–Crippen MR) is 97.3 cm³/mol. The van der Waals surface area contributed by atoms with Crippen molar-refractivity contribution in [2.45, 2.75) is 44.6 Å². The lowest BCUT2D eigenvalue weighted by atomic mass is 10.0. The van der Waals surface area contributed by atoms with E-state index in [1.807, 2.05) is 24.7 Å². The summed E-state index contributed by atoms with van der Waals surface area (Å²) < 4.78 is 2.21. The summed E-state index contributed by atoms with van der Waals surface area (Å²) >= 11 is 0. The van der Waals surface area contributed by atoms with Crippen LogP contribution < -0.4 is 0 Å². The first kappa shape index (κ1) is 16.5. The lowest BCUT2D eigenvalue weighted by Crippen LogP contribution is -2.44. The summed E-state index contributed by atoms with van der Waals surface area (Å²) in [6.45, 7) is 4.41. The molecule has 6 heteroatoms. The third-order valence-electron chi connectivity index (χ3n) is 5.60. The second-order valence-corrected chi connectivity index (χ2v) is 7.30. The van der Waals surface area contributed by atoms with E-state index in [1.54, 1.807) is 0 Å². The first-order chi connectivity index (χ1) is 12.3. The number of likely N-dealkylation sites (tertiary alicyclic amines) is 2. The molecule has 2 aromatic rings. The van der Waals surface area contributed by atoms with E-state index in [0.29, 0.717) is 18.5 Å². The van der Waals surface area contributed by atoms with Crippen LogP contribution >= 0.6 is 0 Å². The number of rotatable bonds is 3. The average Bonchev–Trinajstić information content (AvgIpc) is 2.88. The molecule has 0 atom stereocenters. The van der Waals surface area contributed by atoms with Gasteiger partial charge < -0.3 is 9.47 Å². The Balaban J connectivity index is 1.33. The molecular weight excluding hydrogens is 314 g/mol. The van der Waals surface area contributed by atoms with Gasteiger partial charge in [-0.1, -0.05) is 12.8 Å². The molecule has 1 amide bonds. The van der Waals surface area contributed by atoms with Gasteiger partial charge in [-0.15, -0.1) is 0 Å². The van der Waals surface area contributed by atoms with Gasteiger partial charge in [0.15, 0.2) is 5.65 Å². The van der Waals surface area contributed by atoms with E-state index in [2.05, 4.69) is 24.3 Å². The zero-order chi connectivity index (χ0) is 17.1. The van der Waals surface area contributed by atoms with Gasteiger partial charge in [-0.3, -0.25) is 9.69 Å². The van der Waals surface area contributed by atoms with Crippen molar-refractivity contribution < 1.29 is 4.79 Å². The summed E-state index contributed by atoms with van der Waals surface area (Å²) in [7, 11) is 0. The second kappa shape index (κ2) is 7.52. The van der Waals surface area contributed by atoms with Crippen molar-refractivity contribution in [3.63, 3.8) is 0 Å². The van der Waals surface area contributed by atoms with Crippen molar-refractivity contribution in [2.24, 2.45) is 0 Å². The van der Waals surface area contributed by atoms with E-state index < -0.39 is 0 Å². The molecule has 2 saturated heterocycles. The highest BCUT2D eigenvalue weighted by Gasteiger charge is 2.25. The Hall–Kier alpha value is -1.95. The van der Waals surface area contributed by atoms with Gasteiger partial charge in [0.1, 0.15) is 5.52 Å². The molecule has 6 nitrogen and oxygen atoms in total. The number of nitrogens with zero attached hydrogens (tertiary/aromatic N) is 5. The van der Waals surface area contributed by atoms with Gasteiger partial charge in [0.25, 0.3) is 0 Å². The lowest BCUT2D eigenvalue weighted by Gasteiger charge is -2.33. The highest BCUT2D eigenvalue weighted by Crippen LogP contribution is 2.25. The SMILES string of the molecule is O=C(CN1CCC(n2cnc3cccnc32)CC1)N1CCCCCC1. The third kappa shape index (κ3) is 3.68. The van der Waals surface area contributed by atoms with Crippen molar-refractivity contribution in [2.75, 3.05) is 32.7 Å². The number of carbonyl (C=O) groups excluding carboxylic acids is 1. The minimum Gasteiger partial charge on any atom is -0.342 e. The molecule has 0 bridgehead atoms. The van der Waals surface area contributed by atoms with E-state index in [9.17, 15) is 4.79 Å². The van der Waals surface area contributed by atoms with Crippen LogP contribution in [-0.4, -0.2) is 63.0 Å². The summed E-state index contributed by atoms with van der Waals surface area (Å²) in [6.07, 6.45) is 10.7. The third-order valence-corrected chi connectivity index (χ3v) is 5.60. The number of aromatic nitrogens is 3. The summed E-state index contributed by atoms with van der Waals surface area (Å²) in [5.41, 5.74) is 1.93. The quantitative estimate of drug-likeness (QED) is 0.861. The molecule has 4 heterocycles. The topological polar surface area (TPSA) is 54.3 Å². The zero-order valence-electron chi connectivity index (χ0n) is 14.8. The monoisotopic (exact) mass is 341 g/mol. The molecule has 0 saturated carbocycles. The normalized spacial score (nSPS) is 20.7. The van der Waals surface area contributed by atoms with Gasteiger partial charge in [0.05, 0.1) is 12.9 Å². The second-order valence-electron chi connectivity index (χ2n) is 7.30. The fourth-order valence-corrected chi connectivity index (χ4v) is 4.10. The summed E-state index contributed by atoms with van der Waals surface area (Å²) in [6, 6.07) is 4.37. The predicted octanol–water partition coefficient (Wildman–Crippen LogP) is 2.47. The van der Waals surface area contributed by atoms with Crippen molar-refractivity contribution in [1.29, 1.82) is 0 Å². The van der Waals surface area contributed by atoms with Gasteiger partial charge in [0, 0.05) is 38.4 Å². The zero-order valence-corrected chi connectivity index (χ0v) is 14.8. The van der Waals surface area contributed by atoms with Crippen molar-refractivity contribution in [3.05, 3.63) is 24.7 Å². The molecule has 2 fully saturated rings. The molecule has 2 aliphatic heterocycles. The molecule has 134 valence electrons. The van der Waals surface area contributed by atoms with Crippen LogP contribution in [0.3, 0.4) is 0 Å². The minimum absolute atomic E-state index is 0.315. The Morgan fingerprint density at radius 3 is 2.56 bits per heavy atom. The molecule has 25 heavy (non-hydrogen) atoms. The van der Waals surface area contributed by atoms with Crippen molar-refractivity contribution in [3.8, 4) is 0 Å². The van der Waals surface area contributed by atoms with Crippen LogP contribution in [0, 0.1) is 0 Å². The molecular formula is C19H27N5O. The Morgan fingerprint density at radius 2 is 1.80 bits per heavy atom. The van der Waals surface area contributed by atoms with E-state index in [0.717, 1.165) is 63.0 Å². The smallest absolute Gasteiger partial charge is 0.236 e. The number of imidazole rings is 1. The lowest BCUT2D eigenvalue weighted by molar-refractivity contribution is -0.132. The van der Waals surface area contributed by atoms with Gasteiger partial charge >= 0.3 is 0 Å². The molecule has 0 aliphatic carbocycles. The largest absolute Gasteiger partial charge is 0.342 e. The van der Waals surface area contributed by atoms with Crippen LogP contribution in [-0.2, 0) is 4.79 Å². The fourth-order valence-electron chi connectivity index (χ4n) is 4.10. The fraction of sp³-hybridized carbons (Fsp3) is 0.632. The van der Waals surface area contributed by atoms with Crippen LogP contribution in [0.2, 0.25) is 0 Å². The molecule has 4 rings (SSSR count). The standard InChI is InChI=1S/C19H27N5O/c25-18(23-10-3-1-2-4-11-23)14-22-12-7-16(8-13-22)24-15-21-17-6-5-9-20-19(17)24/h5-6,9,15-16H,1-4,7-8,10-14H2. The van der Waals surface area contributed by atoms with E-state index in [1.165, 1.54) is 12.8 Å². The van der Waals surface area contributed by atoms with E-state index >= 15 is 0 Å². The van der Waals surface area contributed by atoms with Gasteiger partial charge in [0.2, 0.25) is 5.91 Å². The Kier molecular flexibility index (Phi) is 4.97. The van der Waals surface area contributed by atoms with E-state index in [-0.39, 0.29) is 0 Å². The first-order valence-corrected chi connectivity index (χ1v) is 9.59. The first-order valence-electron chi connectivity index (χ1n) is 9.59. The maximum Gasteiger partial charge on any atom is 0.236 e. The molecule has 0 N–H and O–H groups in total. The van der Waals surface area contributed by atoms with Gasteiger partial charge in [-0.2, -0.15) is 0 Å². The number of carbonyl (C=O) groups is 1. The molecule has 2 aromatic heterocycles. The van der Waals surface area contributed by atoms with Gasteiger partial charge in [-0.25, -0.2) is 9.97 Å². The number of pyridine rings is 1. The molecule has 0 spiro atoms. The van der Waals surface area contributed by atoms with Crippen molar-refractivity contribution >= 4 is 17.1 Å². The molecule has 0 aromatic carbocycles. The summed E-state index contributed by atoms with van der Waals surface area (Å²) in [4.78, 5) is 25.9. The Bertz CT molecular complexity index is 711. The number of amides is 1. The van der Waals surface area contributed by atoms with Crippen LogP contribution in [0.1, 0.15) is 44.6 Å². The van der Waals surface area contributed by atoms with Crippen LogP contribution in [0.15, 0.2) is 24.7 Å². The summed E-state index contributed by atoms with van der Waals surface area (Å²) in [5, 5.41) is 0. The highest BCUT2D eigenvalue weighted by molar-refractivity contribution is 5.78. The van der Waals surface area contributed by atoms with Crippen LogP contribution in [0.25, 0.3) is 11.2 Å². The minimum atomic E-state index is 0.315. The van der Waals surface area contributed by atoms with Crippen LogP contribution in [0.4, 0.5) is 0 Å². The van der Waals surface area contributed by atoms with Crippen molar-refractivity contribution in [1.82, 2.24) is 24.3 Å². The number of fused-ring (bicyclic) bond motifs is 1.